The van der Waals surface area contributed by atoms with Crippen molar-refractivity contribution in [1.82, 2.24) is 10.3 Å². The van der Waals surface area contributed by atoms with Crippen molar-refractivity contribution in [1.29, 1.82) is 0 Å². The minimum atomic E-state index is 0.290. The van der Waals surface area contributed by atoms with Crippen molar-refractivity contribution in [2.75, 3.05) is 27.4 Å². The number of pyridine rings is 1. The predicted molar refractivity (Wildman–Crippen MR) is 66.1 cm³/mol. The molecule has 1 aromatic rings. The Kier molecular flexibility index (Phi) is 4.34. The average molecular weight is 236 g/mol. The van der Waals surface area contributed by atoms with Crippen LogP contribution in [0.1, 0.15) is 24.4 Å². The van der Waals surface area contributed by atoms with E-state index in [0.717, 1.165) is 25.4 Å². The van der Waals surface area contributed by atoms with E-state index in [1.165, 1.54) is 12.0 Å². The number of ether oxygens (including phenoxy) is 2. The summed E-state index contributed by atoms with van der Waals surface area (Å²) in [7, 11) is 3.65. The van der Waals surface area contributed by atoms with Crippen LogP contribution in [-0.4, -0.2) is 32.4 Å². The lowest BCUT2D eigenvalue weighted by Gasteiger charge is -2.30. The van der Waals surface area contributed by atoms with Crippen LogP contribution in [0.25, 0.3) is 0 Å². The lowest BCUT2D eigenvalue weighted by Crippen LogP contribution is -2.31. The standard InChI is InChI=1S/C13H20N2O2/c1-14-13(10-4-3-5-17-9-10)11-6-12(16-2)8-15-7-11/h6-8,10,13-14H,3-5,9H2,1-2H3. The minimum Gasteiger partial charge on any atom is -0.495 e. The van der Waals surface area contributed by atoms with Gasteiger partial charge < -0.3 is 14.8 Å². The molecular weight excluding hydrogens is 216 g/mol. The Morgan fingerprint density at radius 2 is 2.41 bits per heavy atom. The summed E-state index contributed by atoms with van der Waals surface area (Å²) in [6.07, 6.45) is 5.97. The van der Waals surface area contributed by atoms with Gasteiger partial charge in [-0.25, -0.2) is 0 Å². The predicted octanol–water partition coefficient (Wildman–Crippen LogP) is 1.78. The van der Waals surface area contributed by atoms with Gasteiger partial charge in [0.2, 0.25) is 0 Å². The first-order chi connectivity index (χ1) is 8.35. The molecule has 0 bridgehead atoms. The van der Waals surface area contributed by atoms with E-state index in [-0.39, 0.29) is 6.04 Å². The monoisotopic (exact) mass is 236 g/mol. The van der Waals surface area contributed by atoms with Crippen molar-refractivity contribution in [2.24, 2.45) is 5.92 Å². The Bertz CT molecular complexity index is 351. The van der Waals surface area contributed by atoms with Crippen LogP contribution in [0.2, 0.25) is 0 Å². The van der Waals surface area contributed by atoms with Crippen LogP contribution >= 0.6 is 0 Å². The zero-order chi connectivity index (χ0) is 12.1. The second kappa shape index (κ2) is 5.98. The first kappa shape index (κ1) is 12.3. The molecule has 0 aliphatic carbocycles. The van der Waals surface area contributed by atoms with E-state index in [1.54, 1.807) is 13.3 Å². The molecule has 2 unspecified atom stereocenters. The van der Waals surface area contributed by atoms with Crippen molar-refractivity contribution in [3.05, 3.63) is 24.0 Å². The Morgan fingerprint density at radius 3 is 3.06 bits per heavy atom. The van der Waals surface area contributed by atoms with Gasteiger partial charge in [-0.3, -0.25) is 4.98 Å². The maximum atomic E-state index is 5.55. The quantitative estimate of drug-likeness (QED) is 0.865. The SMILES string of the molecule is CNC(c1cncc(OC)c1)C1CCCOC1. The van der Waals surface area contributed by atoms with Gasteiger partial charge in [0.05, 0.1) is 19.9 Å². The second-order valence-electron chi connectivity index (χ2n) is 4.40. The summed E-state index contributed by atoms with van der Waals surface area (Å²) < 4.78 is 10.8. The molecule has 0 radical (unpaired) electrons. The molecule has 1 saturated heterocycles. The number of methoxy groups -OCH3 is 1. The second-order valence-corrected chi connectivity index (χ2v) is 4.40. The molecule has 2 heterocycles. The van der Waals surface area contributed by atoms with Crippen LogP contribution in [0, 0.1) is 5.92 Å². The van der Waals surface area contributed by atoms with Crippen molar-refractivity contribution in [3.8, 4) is 5.75 Å². The van der Waals surface area contributed by atoms with Gasteiger partial charge in [0.15, 0.2) is 0 Å². The van der Waals surface area contributed by atoms with Crippen molar-refractivity contribution < 1.29 is 9.47 Å². The number of nitrogens with zero attached hydrogens (tertiary/aromatic N) is 1. The summed E-state index contributed by atoms with van der Waals surface area (Å²) in [5.74, 6) is 1.32. The van der Waals surface area contributed by atoms with Crippen molar-refractivity contribution in [2.45, 2.75) is 18.9 Å². The average Bonchev–Trinajstić information content (AvgIpc) is 2.41. The molecule has 0 amide bonds. The Balaban J connectivity index is 2.15. The molecule has 1 N–H and O–H groups in total. The first-order valence-corrected chi connectivity index (χ1v) is 6.09. The van der Waals surface area contributed by atoms with Gasteiger partial charge in [-0.05, 0) is 31.5 Å². The molecular formula is C13H20N2O2. The summed E-state index contributed by atoms with van der Waals surface area (Å²) in [6, 6.07) is 2.33. The third-order valence-electron chi connectivity index (χ3n) is 3.31. The normalized spacial score (nSPS) is 22.1. The number of aromatic nitrogens is 1. The molecule has 94 valence electrons. The molecule has 0 spiro atoms. The highest BCUT2D eigenvalue weighted by Gasteiger charge is 2.24. The third-order valence-corrected chi connectivity index (χ3v) is 3.31. The highest BCUT2D eigenvalue weighted by Crippen LogP contribution is 2.29. The summed E-state index contributed by atoms with van der Waals surface area (Å²) in [4.78, 5) is 4.21. The maximum absolute atomic E-state index is 5.55. The molecule has 4 nitrogen and oxygen atoms in total. The zero-order valence-corrected chi connectivity index (χ0v) is 10.5. The molecule has 1 aliphatic heterocycles. The zero-order valence-electron chi connectivity index (χ0n) is 10.5. The van der Waals surface area contributed by atoms with Crippen LogP contribution in [0.3, 0.4) is 0 Å². The Morgan fingerprint density at radius 1 is 1.53 bits per heavy atom. The lowest BCUT2D eigenvalue weighted by molar-refractivity contribution is 0.0401. The van der Waals surface area contributed by atoms with E-state index in [1.807, 2.05) is 19.3 Å². The molecule has 2 rings (SSSR count). The molecule has 1 aromatic heterocycles. The topological polar surface area (TPSA) is 43.4 Å². The fourth-order valence-corrected chi connectivity index (χ4v) is 2.42. The van der Waals surface area contributed by atoms with Crippen LogP contribution in [-0.2, 0) is 4.74 Å². The molecule has 1 aliphatic rings. The van der Waals surface area contributed by atoms with Gasteiger partial charge >= 0.3 is 0 Å². The van der Waals surface area contributed by atoms with E-state index >= 15 is 0 Å². The van der Waals surface area contributed by atoms with E-state index < -0.39 is 0 Å². The third kappa shape index (κ3) is 2.96. The molecule has 0 saturated carbocycles. The van der Waals surface area contributed by atoms with E-state index in [2.05, 4.69) is 10.3 Å². The molecule has 4 heteroatoms. The maximum Gasteiger partial charge on any atom is 0.137 e. The smallest absolute Gasteiger partial charge is 0.137 e. The molecule has 0 aromatic carbocycles. The fourth-order valence-electron chi connectivity index (χ4n) is 2.42. The molecule has 2 atom stereocenters. The number of hydrogen-bond acceptors (Lipinski definition) is 4. The van der Waals surface area contributed by atoms with Gasteiger partial charge in [-0.1, -0.05) is 0 Å². The number of rotatable bonds is 4. The van der Waals surface area contributed by atoms with Crippen molar-refractivity contribution >= 4 is 0 Å². The van der Waals surface area contributed by atoms with Crippen molar-refractivity contribution in [3.63, 3.8) is 0 Å². The summed E-state index contributed by atoms with van der Waals surface area (Å²) in [6.45, 7) is 1.71. The van der Waals surface area contributed by atoms with Gasteiger partial charge in [-0.2, -0.15) is 0 Å². The summed E-state index contributed by atoms with van der Waals surface area (Å²) >= 11 is 0. The van der Waals surface area contributed by atoms with Crippen LogP contribution in [0.4, 0.5) is 0 Å². The van der Waals surface area contributed by atoms with Gasteiger partial charge in [0.25, 0.3) is 0 Å². The number of hydrogen-bond donors (Lipinski definition) is 1. The van der Waals surface area contributed by atoms with E-state index in [9.17, 15) is 0 Å². The van der Waals surface area contributed by atoms with E-state index in [4.69, 9.17) is 9.47 Å². The number of nitrogens with one attached hydrogen (secondary N) is 1. The fraction of sp³-hybridized carbons (Fsp3) is 0.615. The summed E-state index contributed by atoms with van der Waals surface area (Å²) in [5, 5.41) is 3.36. The molecule has 17 heavy (non-hydrogen) atoms. The largest absolute Gasteiger partial charge is 0.495 e. The highest BCUT2D eigenvalue weighted by molar-refractivity contribution is 5.26. The van der Waals surface area contributed by atoms with Gasteiger partial charge in [0, 0.05) is 24.8 Å². The summed E-state index contributed by atoms with van der Waals surface area (Å²) in [5.41, 5.74) is 1.17. The Labute approximate surface area is 102 Å². The van der Waals surface area contributed by atoms with E-state index in [0.29, 0.717) is 5.92 Å². The lowest BCUT2D eigenvalue weighted by atomic mass is 9.89. The minimum absolute atomic E-state index is 0.290. The first-order valence-electron chi connectivity index (χ1n) is 6.09. The van der Waals surface area contributed by atoms with Crippen LogP contribution in [0.15, 0.2) is 18.5 Å². The molecule has 1 fully saturated rings. The highest BCUT2D eigenvalue weighted by atomic mass is 16.5. The van der Waals surface area contributed by atoms with Gasteiger partial charge in [0.1, 0.15) is 5.75 Å². The van der Waals surface area contributed by atoms with Crippen LogP contribution in [0.5, 0.6) is 5.75 Å². The van der Waals surface area contributed by atoms with Gasteiger partial charge in [-0.15, -0.1) is 0 Å². The van der Waals surface area contributed by atoms with Crippen LogP contribution < -0.4 is 10.1 Å². The Hall–Kier alpha value is -1.13.